The molecule has 0 saturated heterocycles. The van der Waals surface area contributed by atoms with Gasteiger partial charge in [0.1, 0.15) is 6.54 Å². The van der Waals surface area contributed by atoms with Crippen LogP contribution in [0.15, 0.2) is 41.2 Å². The van der Waals surface area contributed by atoms with Crippen LogP contribution >= 0.6 is 0 Å². The quantitative estimate of drug-likeness (QED) is 0.664. The summed E-state index contributed by atoms with van der Waals surface area (Å²) in [5.41, 5.74) is 0.421. The van der Waals surface area contributed by atoms with Gasteiger partial charge in [0.25, 0.3) is 5.56 Å². The Morgan fingerprint density at radius 1 is 1.10 bits per heavy atom. The summed E-state index contributed by atoms with van der Waals surface area (Å²) in [6.07, 6.45) is -4.92. The molecule has 0 aliphatic rings. The van der Waals surface area contributed by atoms with E-state index in [0.717, 1.165) is 21.3 Å². The van der Waals surface area contributed by atoms with Gasteiger partial charge in [-0.3, -0.25) is 14.2 Å². The van der Waals surface area contributed by atoms with Crippen LogP contribution in [0.25, 0.3) is 11.0 Å². The summed E-state index contributed by atoms with van der Waals surface area (Å²) in [4.78, 5) is 28.6. The number of carbonyl (C=O) groups excluding carboxylic acids is 1. The summed E-state index contributed by atoms with van der Waals surface area (Å²) in [7, 11) is 0. The van der Waals surface area contributed by atoms with Crippen LogP contribution < -0.4 is 10.9 Å². The summed E-state index contributed by atoms with van der Waals surface area (Å²) >= 11 is 0. The number of rotatable bonds is 4. The molecule has 5 nitrogen and oxygen atoms in total. The molecule has 8 heteroatoms. The number of alkyl halides is 3. The Kier molecular flexibility index (Phi) is 5.70. The first-order valence-electron chi connectivity index (χ1n) is 9.46. The largest absolute Gasteiger partial charge is 0.438 e. The number of aromatic nitrogens is 2. The number of hydrogen-bond donors (Lipinski definition) is 1. The second kappa shape index (κ2) is 7.93. The van der Waals surface area contributed by atoms with E-state index in [4.69, 9.17) is 0 Å². The zero-order valence-electron chi connectivity index (χ0n) is 17.1. The molecule has 0 fully saturated rings. The topological polar surface area (TPSA) is 64.0 Å². The number of amides is 1. The summed E-state index contributed by atoms with van der Waals surface area (Å²) in [6, 6.07) is 10.2. The Labute approximate surface area is 171 Å². The van der Waals surface area contributed by atoms with Gasteiger partial charge in [-0.25, -0.2) is 4.98 Å². The fraction of sp³-hybridized carbons (Fsp3) is 0.318. The molecule has 2 aromatic carbocycles. The predicted molar refractivity (Wildman–Crippen MR) is 110 cm³/mol. The molecule has 3 rings (SSSR count). The van der Waals surface area contributed by atoms with Crippen molar-refractivity contribution in [3.63, 3.8) is 0 Å². The number of nitrogens with zero attached hydrogens (tertiary/aromatic N) is 2. The van der Waals surface area contributed by atoms with Crippen molar-refractivity contribution >= 4 is 22.6 Å². The van der Waals surface area contributed by atoms with Gasteiger partial charge in [0.05, 0.1) is 11.0 Å². The van der Waals surface area contributed by atoms with Crippen LogP contribution in [0, 0.1) is 13.8 Å². The van der Waals surface area contributed by atoms with Gasteiger partial charge in [0.15, 0.2) is 0 Å². The summed E-state index contributed by atoms with van der Waals surface area (Å²) in [6.45, 7) is 7.03. The van der Waals surface area contributed by atoms with Gasteiger partial charge < -0.3 is 5.32 Å². The van der Waals surface area contributed by atoms with Crippen LogP contribution in [0.3, 0.4) is 0 Å². The lowest BCUT2D eigenvalue weighted by molar-refractivity contribution is -0.142. The number of aryl methyl sites for hydroxylation is 2. The van der Waals surface area contributed by atoms with Crippen LogP contribution in [-0.4, -0.2) is 15.5 Å². The maximum atomic E-state index is 13.3. The van der Waals surface area contributed by atoms with Crippen LogP contribution in [0.2, 0.25) is 0 Å². The highest BCUT2D eigenvalue weighted by atomic mass is 19.4. The standard InChI is InChI=1S/C22H22F3N3O2/c1-12(2)15-5-7-16(8-6-15)26-19(29)11-28-18-10-14(4)13(3)9-17(18)27-20(21(28)30)22(23,24)25/h5-10,12H,11H2,1-4H3,(H,26,29). The van der Waals surface area contributed by atoms with E-state index < -0.39 is 29.9 Å². The number of benzene rings is 2. The van der Waals surface area contributed by atoms with E-state index in [1.54, 1.807) is 32.0 Å². The Balaban J connectivity index is 2.01. The van der Waals surface area contributed by atoms with E-state index in [2.05, 4.69) is 10.3 Å². The summed E-state index contributed by atoms with van der Waals surface area (Å²) < 4.78 is 40.9. The lowest BCUT2D eigenvalue weighted by Crippen LogP contribution is -2.34. The first-order valence-corrected chi connectivity index (χ1v) is 9.46. The molecule has 0 aliphatic heterocycles. The van der Waals surface area contributed by atoms with E-state index in [9.17, 15) is 22.8 Å². The molecular weight excluding hydrogens is 395 g/mol. The van der Waals surface area contributed by atoms with E-state index in [1.807, 2.05) is 26.0 Å². The molecule has 3 aromatic rings. The molecule has 1 aromatic heterocycles. The number of anilines is 1. The average molecular weight is 417 g/mol. The van der Waals surface area contributed by atoms with E-state index in [-0.39, 0.29) is 11.0 Å². The smallest absolute Gasteiger partial charge is 0.325 e. The normalized spacial score (nSPS) is 11.9. The van der Waals surface area contributed by atoms with Gasteiger partial charge in [-0.2, -0.15) is 13.2 Å². The number of nitrogens with one attached hydrogen (secondary N) is 1. The molecule has 0 unspecified atom stereocenters. The highest BCUT2D eigenvalue weighted by Gasteiger charge is 2.37. The molecule has 1 N–H and O–H groups in total. The SMILES string of the molecule is Cc1cc2nc(C(F)(F)F)c(=O)n(CC(=O)Nc3ccc(C(C)C)cc3)c2cc1C. The Hall–Kier alpha value is -3.16. The van der Waals surface area contributed by atoms with Crippen LogP contribution in [0.1, 0.15) is 42.1 Å². The van der Waals surface area contributed by atoms with Crippen molar-refractivity contribution in [1.82, 2.24) is 9.55 Å². The monoisotopic (exact) mass is 417 g/mol. The second-order valence-corrected chi connectivity index (χ2v) is 7.60. The minimum atomic E-state index is -4.92. The minimum Gasteiger partial charge on any atom is -0.325 e. The van der Waals surface area contributed by atoms with Gasteiger partial charge in [-0.05, 0) is 60.7 Å². The van der Waals surface area contributed by atoms with E-state index in [0.29, 0.717) is 11.6 Å². The zero-order valence-corrected chi connectivity index (χ0v) is 17.1. The first-order chi connectivity index (χ1) is 14.0. The van der Waals surface area contributed by atoms with Crippen molar-refractivity contribution in [3.8, 4) is 0 Å². The van der Waals surface area contributed by atoms with Crippen molar-refractivity contribution in [2.24, 2.45) is 0 Å². The highest BCUT2D eigenvalue weighted by Crippen LogP contribution is 2.27. The van der Waals surface area contributed by atoms with E-state index >= 15 is 0 Å². The highest BCUT2D eigenvalue weighted by molar-refractivity contribution is 5.91. The number of fused-ring (bicyclic) bond motifs is 1. The summed E-state index contributed by atoms with van der Waals surface area (Å²) in [5.74, 6) is -0.280. The molecule has 0 saturated carbocycles. The zero-order chi connectivity index (χ0) is 22.2. The fourth-order valence-electron chi connectivity index (χ4n) is 3.13. The van der Waals surface area contributed by atoms with E-state index in [1.165, 1.54) is 6.07 Å². The van der Waals surface area contributed by atoms with Gasteiger partial charge >= 0.3 is 6.18 Å². The second-order valence-electron chi connectivity index (χ2n) is 7.60. The maximum absolute atomic E-state index is 13.3. The molecule has 0 atom stereocenters. The van der Waals surface area contributed by atoms with Crippen LogP contribution in [-0.2, 0) is 17.5 Å². The molecule has 0 radical (unpaired) electrons. The molecule has 1 amide bonds. The predicted octanol–water partition coefficient (Wildman–Crippen LogP) is 4.79. The third-order valence-corrected chi connectivity index (χ3v) is 4.99. The summed E-state index contributed by atoms with van der Waals surface area (Å²) in [5, 5.41) is 2.63. The van der Waals surface area contributed by atoms with Gasteiger partial charge in [-0.1, -0.05) is 26.0 Å². The van der Waals surface area contributed by atoms with Crippen molar-refractivity contribution in [2.75, 3.05) is 5.32 Å². The molecule has 0 aliphatic carbocycles. The average Bonchev–Trinajstić information content (AvgIpc) is 2.65. The van der Waals surface area contributed by atoms with Gasteiger partial charge in [-0.15, -0.1) is 0 Å². The number of carbonyl (C=O) groups is 1. The number of halogens is 3. The third kappa shape index (κ3) is 4.37. The first kappa shape index (κ1) is 21.5. The molecule has 158 valence electrons. The van der Waals surface area contributed by atoms with Crippen molar-refractivity contribution < 1.29 is 18.0 Å². The molecular formula is C22H22F3N3O2. The fourth-order valence-corrected chi connectivity index (χ4v) is 3.13. The molecule has 0 bridgehead atoms. The Morgan fingerprint density at radius 3 is 2.27 bits per heavy atom. The van der Waals surface area contributed by atoms with Crippen molar-refractivity contribution in [1.29, 1.82) is 0 Å². The molecule has 30 heavy (non-hydrogen) atoms. The van der Waals surface area contributed by atoms with Gasteiger partial charge in [0, 0.05) is 5.69 Å². The van der Waals surface area contributed by atoms with Crippen molar-refractivity contribution in [3.05, 3.63) is 69.1 Å². The lowest BCUT2D eigenvalue weighted by atomic mass is 10.0. The van der Waals surface area contributed by atoms with Gasteiger partial charge in [0.2, 0.25) is 11.6 Å². The van der Waals surface area contributed by atoms with Crippen LogP contribution in [0.5, 0.6) is 0 Å². The van der Waals surface area contributed by atoms with Crippen molar-refractivity contribution in [2.45, 2.75) is 46.3 Å². The molecule has 1 heterocycles. The minimum absolute atomic E-state index is 0.0131. The van der Waals surface area contributed by atoms with Crippen LogP contribution in [0.4, 0.5) is 18.9 Å². The molecule has 0 spiro atoms. The Morgan fingerprint density at radius 2 is 1.70 bits per heavy atom. The third-order valence-electron chi connectivity index (χ3n) is 4.99. The maximum Gasteiger partial charge on any atom is 0.438 e. The number of hydrogen-bond acceptors (Lipinski definition) is 3. The Bertz CT molecular complexity index is 1160. The lowest BCUT2D eigenvalue weighted by Gasteiger charge is -2.15.